The average Bonchev–Trinajstić information content (AvgIpc) is 2.48. The van der Waals surface area contributed by atoms with E-state index in [0.717, 1.165) is 18.7 Å². The lowest BCUT2D eigenvalue weighted by Crippen LogP contribution is -2.10. The number of imidazole rings is 1. The van der Waals surface area contributed by atoms with E-state index in [4.69, 9.17) is 5.26 Å². The number of rotatable bonds is 3. The van der Waals surface area contributed by atoms with Crippen LogP contribution in [0.4, 0.5) is 0 Å². The van der Waals surface area contributed by atoms with Crippen molar-refractivity contribution < 1.29 is 0 Å². The van der Waals surface area contributed by atoms with Gasteiger partial charge in [0.2, 0.25) is 0 Å². The molecular weight excluding hydrogens is 162 g/mol. The molecule has 0 N–H and O–H groups in total. The van der Waals surface area contributed by atoms with E-state index >= 15 is 0 Å². The molecule has 0 spiro atoms. The summed E-state index contributed by atoms with van der Waals surface area (Å²) in [5, 5.41) is 8.81. The fourth-order valence-corrected chi connectivity index (χ4v) is 1.12. The predicted molar refractivity (Wildman–Crippen MR) is 50.9 cm³/mol. The number of hydrogen-bond acceptors (Lipinski definition) is 2. The second-order valence-electron chi connectivity index (χ2n) is 3.95. The third-order valence-corrected chi connectivity index (χ3v) is 2.20. The summed E-state index contributed by atoms with van der Waals surface area (Å²) < 4.78 is 1.99. The second-order valence-corrected chi connectivity index (χ2v) is 3.95. The van der Waals surface area contributed by atoms with Crippen molar-refractivity contribution in [1.82, 2.24) is 9.55 Å². The van der Waals surface area contributed by atoms with Crippen molar-refractivity contribution in [2.24, 2.45) is 12.5 Å². The van der Waals surface area contributed by atoms with Crippen molar-refractivity contribution in [3.63, 3.8) is 0 Å². The SMILES string of the molecule is Cn1ccnc1CCC(C)(C)C#N. The Kier molecular flexibility index (Phi) is 2.72. The highest BCUT2D eigenvalue weighted by molar-refractivity contribution is 4.97. The summed E-state index contributed by atoms with van der Waals surface area (Å²) in [7, 11) is 1.97. The molecule has 0 bridgehead atoms. The van der Waals surface area contributed by atoms with Gasteiger partial charge in [0.1, 0.15) is 5.82 Å². The molecule has 0 saturated carbocycles. The maximum Gasteiger partial charge on any atom is 0.108 e. The Labute approximate surface area is 79.0 Å². The molecule has 0 aliphatic rings. The molecule has 1 aromatic heterocycles. The van der Waals surface area contributed by atoms with Crippen LogP contribution in [0.2, 0.25) is 0 Å². The Morgan fingerprint density at radius 3 is 2.77 bits per heavy atom. The molecule has 0 aliphatic heterocycles. The minimum absolute atomic E-state index is 0.244. The van der Waals surface area contributed by atoms with Gasteiger partial charge in [-0.15, -0.1) is 0 Å². The van der Waals surface area contributed by atoms with Crippen molar-refractivity contribution in [3.05, 3.63) is 18.2 Å². The van der Waals surface area contributed by atoms with Gasteiger partial charge >= 0.3 is 0 Å². The van der Waals surface area contributed by atoms with Crippen molar-refractivity contribution >= 4 is 0 Å². The number of hydrogen-bond donors (Lipinski definition) is 0. The van der Waals surface area contributed by atoms with Gasteiger partial charge in [0, 0.05) is 25.9 Å². The minimum Gasteiger partial charge on any atom is -0.338 e. The second kappa shape index (κ2) is 3.61. The number of nitrogens with zero attached hydrogens (tertiary/aromatic N) is 3. The van der Waals surface area contributed by atoms with Gasteiger partial charge in [0.25, 0.3) is 0 Å². The zero-order valence-corrected chi connectivity index (χ0v) is 8.41. The summed E-state index contributed by atoms with van der Waals surface area (Å²) in [5.41, 5.74) is -0.244. The van der Waals surface area contributed by atoms with E-state index in [-0.39, 0.29) is 5.41 Å². The molecule has 13 heavy (non-hydrogen) atoms. The first-order valence-electron chi connectivity index (χ1n) is 4.42. The van der Waals surface area contributed by atoms with Gasteiger partial charge in [-0.25, -0.2) is 4.98 Å². The van der Waals surface area contributed by atoms with Crippen LogP contribution in [0.25, 0.3) is 0 Å². The molecule has 70 valence electrons. The Balaban J connectivity index is 2.54. The Bertz CT molecular complexity index is 317. The Hall–Kier alpha value is -1.30. The van der Waals surface area contributed by atoms with Gasteiger partial charge in [-0.1, -0.05) is 0 Å². The molecule has 1 aromatic rings. The smallest absolute Gasteiger partial charge is 0.108 e. The Morgan fingerprint density at radius 1 is 1.62 bits per heavy atom. The molecule has 0 amide bonds. The van der Waals surface area contributed by atoms with E-state index in [1.165, 1.54) is 0 Å². The fourth-order valence-electron chi connectivity index (χ4n) is 1.12. The van der Waals surface area contributed by atoms with Crippen LogP contribution in [0, 0.1) is 16.7 Å². The van der Waals surface area contributed by atoms with Gasteiger partial charge < -0.3 is 4.57 Å². The van der Waals surface area contributed by atoms with E-state index in [9.17, 15) is 0 Å². The Morgan fingerprint density at radius 2 is 2.31 bits per heavy atom. The van der Waals surface area contributed by atoms with Gasteiger partial charge in [0.15, 0.2) is 0 Å². The van der Waals surface area contributed by atoms with Crippen LogP contribution in [0.3, 0.4) is 0 Å². The van der Waals surface area contributed by atoms with Crippen LogP contribution in [-0.4, -0.2) is 9.55 Å². The first-order valence-corrected chi connectivity index (χ1v) is 4.42. The number of nitriles is 1. The van der Waals surface area contributed by atoms with E-state index in [2.05, 4.69) is 11.1 Å². The van der Waals surface area contributed by atoms with Crippen molar-refractivity contribution in [1.29, 1.82) is 5.26 Å². The zero-order valence-electron chi connectivity index (χ0n) is 8.41. The predicted octanol–water partition coefficient (Wildman–Crippen LogP) is 1.90. The number of aromatic nitrogens is 2. The van der Waals surface area contributed by atoms with Crippen molar-refractivity contribution in [3.8, 4) is 6.07 Å². The summed E-state index contributed by atoms with van der Waals surface area (Å²) in [5.74, 6) is 1.04. The highest BCUT2D eigenvalue weighted by Gasteiger charge is 2.17. The summed E-state index contributed by atoms with van der Waals surface area (Å²) in [4.78, 5) is 4.21. The molecule has 1 rings (SSSR count). The summed E-state index contributed by atoms with van der Waals surface area (Å²) in [6.07, 6.45) is 5.43. The third-order valence-electron chi connectivity index (χ3n) is 2.20. The van der Waals surface area contributed by atoms with E-state index < -0.39 is 0 Å². The maximum atomic E-state index is 8.81. The molecule has 0 radical (unpaired) electrons. The first-order chi connectivity index (χ1) is 6.05. The molecular formula is C10H15N3. The fraction of sp³-hybridized carbons (Fsp3) is 0.600. The molecule has 3 heteroatoms. The maximum absolute atomic E-state index is 8.81. The van der Waals surface area contributed by atoms with Crippen molar-refractivity contribution in [2.45, 2.75) is 26.7 Å². The quantitative estimate of drug-likeness (QED) is 0.707. The molecule has 0 aliphatic carbocycles. The highest BCUT2D eigenvalue weighted by Crippen LogP contribution is 2.20. The molecule has 0 aromatic carbocycles. The molecule has 0 atom stereocenters. The molecule has 0 unspecified atom stereocenters. The van der Waals surface area contributed by atoms with Gasteiger partial charge in [-0.3, -0.25) is 0 Å². The minimum atomic E-state index is -0.244. The standard InChI is InChI=1S/C10H15N3/c1-10(2,8-11)5-4-9-12-6-7-13(9)3/h6-7H,4-5H2,1-3H3. The number of aryl methyl sites for hydroxylation is 2. The molecule has 0 saturated heterocycles. The van der Waals surface area contributed by atoms with Crippen LogP contribution in [0.5, 0.6) is 0 Å². The largest absolute Gasteiger partial charge is 0.338 e. The highest BCUT2D eigenvalue weighted by atomic mass is 15.0. The summed E-state index contributed by atoms with van der Waals surface area (Å²) >= 11 is 0. The normalized spacial score (nSPS) is 11.2. The average molecular weight is 177 g/mol. The van der Waals surface area contributed by atoms with E-state index in [1.807, 2.05) is 31.7 Å². The van der Waals surface area contributed by atoms with E-state index in [1.54, 1.807) is 6.20 Å². The lowest BCUT2D eigenvalue weighted by atomic mass is 9.90. The van der Waals surface area contributed by atoms with Gasteiger partial charge in [0.05, 0.1) is 11.5 Å². The van der Waals surface area contributed by atoms with E-state index in [0.29, 0.717) is 0 Å². The summed E-state index contributed by atoms with van der Waals surface area (Å²) in [6.45, 7) is 3.91. The lowest BCUT2D eigenvalue weighted by molar-refractivity contribution is 0.443. The van der Waals surface area contributed by atoms with Crippen LogP contribution in [0.15, 0.2) is 12.4 Å². The topological polar surface area (TPSA) is 41.6 Å². The first kappa shape index (κ1) is 9.79. The van der Waals surface area contributed by atoms with Crippen molar-refractivity contribution in [2.75, 3.05) is 0 Å². The molecule has 0 fully saturated rings. The lowest BCUT2D eigenvalue weighted by Gasteiger charge is -2.13. The van der Waals surface area contributed by atoms with Crippen LogP contribution in [0.1, 0.15) is 26.1 Å². The van der Waals surface area contributed by atoms with Gasteiger partial charge in [-0.05, 0) is 20.3 Å². The third kappa shape index (κ3) is 2.59. The van der Waals surface area contributed by atoms with Crippen LogP contribution >= 0.6 is 0 Å². The van der Waals surface area contributed by atoms with Crippen LogP contribution < -0.4 is 0 Å². The zero-order chi connectivity index (χ0) is 9.90. The monoisotopic (exact) mass is 177 g/mol. The molecule has 1 heterocycles. The molecule has 3 nitrogen and oxygen atoms in total. The van der Waals surface area contributed by atoms with Crippen LogP contribution in [-0.2, 0) is 13.5 Å². The van der Waals surface area contributed by atoms with Gasteiger partial charge in [-0.2, -0.15) is 5.26 Å². The summed E-state index contributed by atoms with van der Waals surface area (Å²) in [6, 6.07) is 2.29.